The zero-order valence-electron chi connectivity index (χ0n) is 19.8. The van der Waals surface area contributed by atoms with E-state index >= 15 is 0 Å². The highest BCUT2D eigenvalue weighted by Crippen LogP contribution is 2.25. The van der Waals surface area contributed by atoms with Crippen LogP contribution in [-0.4, -0.2) is 36.4 Å². The number of rotatable bonds is 8. The largest absolute Gasteiger partial charge is 0.296 e. The van der Waals surface area contributed by atoms with Crippen LogP contribution in [0.5, 0.6) is 0 Å². The van der Waals surface area contributed by atoms with Gasteiger partial charge in [-0.15, -0.1) is 0 Å². The molecule has 0 aliphatic rings. The number of hydrogen-bond acceptors (Lipinski definition) is 5. The van der Waals surface area contributed by atoms with Crippen molar-refractivity contribution in [2.75, 3.05) is 10.8 Å². The van der Waals surface area contributed by atoms with Crippen molar-refractivity contribution in [2.45, 2.75) is 11.8 Å². The van der Waals surface area contributed by atoms with E-state index in [1.807, 2.05) is 24.3 Å². The molecule has 184 valence electrons. The quantitative estimate of drug-likeness (QED) is 0.295. The summed E-state index contributed by atoms with van der Waals surface area (Å²) >= 11 is 0. The van der Waals surface area contributed by atoms with Gasteiger partial charge >= 0.3 is 0 Å². The van der Waals surface area contributed by atoms with E-state index in [4.69, 9.17) is 0 Å². The van der Waals surface area contributed by atoms with E-state index in [9.17, 15) is 18.0 Å². The first-order valence-electron chi connectivity index (χ1n) is 11.1. The lowest BCUT2D eigenvalue weighted by molar-refractivity contribution is -0.119. The Morgan fingerprint density at radius 2 is 1.50 bits per heavy atom. The maximum atomic E-state index is 13.7. The van der Waals surface area contributed by atoms with Gasteiger partial charge in [0, 0.05) is 7.05 Å². The summed E-state index contributed by atoms with van der Waals surface area (Å²) in [5.74, 6) is -0.699. The second-order valence-electron chi connectivity index (χ2n) is 7.94. The van der Waals surface area contributed by atoms with Gasteiger partial charge in [0.25, 0.3) is 21.5 Å². The van der Waals surface area contributed by atoms with Crippen LogP contribution < -0.4 is 15.3 Å². The smallest absolute Gasteiger partial charge is 0.283 e. The van der Waals surface area contributed by atoms with Gasteiger partial charge in [-0.05, 0) is 36.8 Å². The second kappa shape index (κ2) is 10.4. The lowest BCUT2D eigenvalue weighted by atomic mass is 10.2. The molecule has 1 N–H and O–H groups in total. The van der Waals surface area contributed by atoms with Crippen LogP contribution in [-0.2, 0) is 21.9 Å². The first-order chi connectivity index (χ1) is 17.3. The van der Waals surface area contributed by atoms with E-state index in [1.54, 1.807) is 73.3 Å². The van der Waals surface area contributed by atoms with Gasteiger partial charge in [-0.2, -0.15) is 5.10 Å². The summed E-state index contributed by atoms with van der Waals surface area (Å²) in [7, 11) is -2.61. The molecule has 0 saturated carbocycles. The van der Waals surface area contributed by atoms with E-state index in [0.717, 1.165) is 9.87 Å². The van der Waals surface area contributed by atoms with Gasteiger partial charge in [-0.1, -0.05) is 66.7 Å². The Kier molecular flexibility index (Phi) is 7.16. The van der Waals surface area contributed by atoms with Crippen LogP contribution >= 0.6 is 0 Å². The fourth-order valence-electron chi connectivity index (χ4n) is 3.73. The fraction of sp³-hybridized carbons (Fsp3) is 0.115. The molecule has 1 aromatic heterocycles. The van der Waals surface area contributed by atoms with Crippen molar-refractivity contribution in [3.05, 3.63) is 113 Å². The molecule has 4 aromatic rings. The fourth-order valence-corrected chi connectivity index (χ4v) is 5.22. The van der Waals surface area contributed by atoms with Gasteiger partial charge < -0.3 is 0 Å². The summed E-state index contributed by atoms with van der Waals surface area (Å²) in [6.45, 7) is 0.993. The topological polar surface area (TPSA) is 106 Å². The number of amides is 1. The molecular weight excluding hydrogens is 478 g/mol. The molecule has 1 amide bonds. The Bertz CT molecular complexity index is 1540. The summed E-state index contributed by atoms with van der Waals surface area (Å²) in [6, 6.07) is 25.7. The number of para-hydroxylation sites is 1. The Labute approximate surface area is 209 Å². The third kappa shape index (κ3) is 4.98. The van der Waals surface area contributed by atoms with Crippen LogP contribution in [0.25, 0.3) is 5.69 Å². The molecule has 0 bridgehead atoms. The van der Waals surface area contributed by atoms with Crippen LogP contribution in [0.2, 0.25) is 0 Å². The molecule has 0 radical (unpaired) electrons. The Morgan fingerprint density at radius 1 is 0.944 bits per heavy atom. The minimum Gasteiger partial charge on any atom is -0.283 e. The molecule has 10 heteroatoms. The predicted octanol–water partition coefficient (Wildman–Crippen LogP) is 2.83. The number of hydrogen-bond donors (Lipinski definition) is 1. The van der Waals surface area contributed by atoms with Crippen molar-refractivity contribution in [1.82, 2.24) is 14.8 Å². The standard InChI is InChI=1S/C26H25N5O4S/c1-20-25(26(33)31(29(20)2)22-14-8-4-9-15-22)30(36(34,35)23-16-10-5-11-17-23)19-24(32)28-27-18-21-12-6-3-7-13-21/h3-18H,19H2,1-2H3,(H,28,32)/b27-18+. The van der Waals surface area contributed by atoms with Gasteiger partial charge in [0.1, 0.15) is 12.2 Å². The highest BCUT2D eigenvalue weighted by atomic mass is 32.2. The third-order valence-corrected chi connectivity index (χ3v) is 7.35. The number of hydrazone groups is 1. The monoisotopic (exact) mass is 503 g/mol. The summed E-state index contributed by atoms with van der Waals surface area (Å²) in [4.78, 5) is 26.4. The molecule has 0 unspecified atom stereocenters. The van der Waals surface area contributed by atoms with Crippen molar-refractivity contribution in [3.63, 3.8) is 0 Å². The molecule has 4 rings (SSSR count). The second-order valence-corrected chi connectivity index (χ2v) is 9.80. The molecule has 1 heterocycles. The Balaban J connectivity index is 1.75. The highest BCUT2D eigenvalue weighted by molar-refractivity contribution is 7.92. The number of carbonyl (C=O) groups is 1. The van der Waals surface area contributed by atoms with Gasteiger partial charge in [0.2, 0.25) is 0 Å². The van der Waals surface area contributed by atoms with E-state index in [1.165, 1.54) is 23.0 Å². The van der Waals surface area contributed by atoms with Gasteiger partial charge in [0.05, 0.1) is 22.5 Å². The Morgan fingerprint density at radius 3 is 2.11 bits per heavy atom. The zero-order chi connectivity index (χ0) is 25.7. The maximum Gasteiger partial charge on any atom is 0.296 e. The van der Waals surface area contributed by atoms with E-state index in [-0.39, 0.29) is 10.6 Å². The van der Waals surface area contributed by atoms with E-state index in [2.05, 4.69) is 10.5 Å². The van der Waals surface area contributed by atoms with Crippen LogP contribution in [0.1, 0.15) is 11.3 Å². The normalized spacial score (nSPS) is 11.5. The molecular formula is C26H25N5O4S. The maximum absolute atomic E-state index is 13.7. The van der Waals surface area contributed by atoms with Crippen molar-refractivity contribution in [1.29, 1.82) is 0 Å². The Hall–Kier alpha value is -4.44. The first-order valence-corrected chi connectivity index (χ1v) is 12.5. The summed E-state index contributed by atoms with van der Waals surface area (Å²) in [5, 5.41) is 3.92. The average molecular weight is 504 g/mol. The average Bonchev–Trinajstić information content (AvgIpc) is 3.11. The molecule has 0 fully saturated rings. The summed E-state index contributed by atoms with van der Waals surface area (Å²) < 4.78 is 31.1. The van der Waals surface area contributed by atoms with Crippen molar-refractivity contribution < 1.29 is 13.2 Å². The lowest BCUT2D eigenvalue weighted by Crippen LogP contribution is -2.42. The van der Waals surface area contributed by atoms with Gasteiger partial charge in [-0.3, -0.25) is 14.3 Å². The summed E-state index contributed by atoms with van der Waals surface area (Å²) in [6.07, 6.45) is 1.45. The minimum atomic E-state index is -4.26. The molecule has 0 aliphatic heterocycles. The van der Waals surface area contributed by atoms with Crippen molar-refractivity contribution in [3.8, 4) is 5.69 Å². The first kappa shape index (κ1) is 24.7. The number of sulfonamides is 1. The molecule has 0 spiro atoms. The minimum absolute atomic E-state index is 0.0421. The third-order valence-electron chi connectivity index (χ3n) is 5.59. The molecule has 0 atom stereocenters. The van der Waals surface area contributed by atoms with Gasteiger partial charge in [-0.25, -0.2) is 22.8 Å². The number of nitrogens with zero attached hydrogens (tertiary/aromatic N) is 4. The van der Waals surface area contributed by atoms with Crippen molar-refractivity contribution in [2.24, 2.45) is 12.1 Å². The molecule has 9 nitrogen and oxygen atoms in total. The molecule has 36 heavy (non-hydrogen) atoms. The van der Waals surface area contributed by atoms with E-state index in [0.29, 0.717) is 11.4 Å². The highest BCUT2D eigenvalue weighted by Gasteiger charge is 2.33. The number of anilines is 1. The number of aromatic nitrogens is 2. The van der Waals surface area contributed by atoms with Crippen molar-refractivity contribution >= 4 is 27.8 Å². The predicted molar refractivity (Wildman–Crippen MR) is 139 cm³/mol. The van der Waals surface area contributed by atoms with E-state index < -0.39 is 28.0 Å². The van der Waals surface area contributed by atoms with Crippen LogP contribution in [0.4, 0.5) is 5.69 Å². The number of carbonyl (C=O) groups excluding carboxylic acids is 1. The zero-order valence-corrected chi connectivity index (χ0v) is 20.6. The van der Waals surface area contributed by atoms with Gasteiger partial charge in [0.15, 0.2) is 0 Å². The van der Waals surface area contributed by atoms with Crippen LogP contribution in [0.3, 0.4) is 0 Å². The molecule has 0 saturated heterocycles. The molecule has 0 aliphatic carbocycles. The number of nitrogens with one attached hydrogen (secondary N) is 1. The van der Waals surface area contributed by atoms with Crippen LogP contribution in [0, 0.1) is 6.92 Å². The SMILES string of the molecule is Cc1c(N(CC(=O)N/N=C/c2ccccc2)S(=O)(=O)c2ccccc2)c(=O)n(-c2ccccc2)n1C. The molecule has 3 aromatic carbocycles. The number of benzene rings is 3. The van der Waals surface area contributed by atoms with Crippen LogP contribution in [0.15, 0.2) is 106 Å². The summed E-state index contributed by atoms with van der Waals surface area (Å²) in [5.41, 5.74) is 3.37. The lowest BCUT2D eigenvalue weighted by Gasteiger charge is -2.22.